The minimum absolute atomic E-state index is 0.0816. The van der Waals surface area contributed by atoms with Crippen LogP contribution in [0.3, 0.4) is 0 Å². The lowest BCUT2D eigenvalue weighted by atomic mass is 9.98. The summed E-state index contributed by atoms with van der Waals surface area (Å²) in [5.74, 6) is -0.0763. The molecule has 4 heteroatoms. The van der Waals surface area contributed by atoms with E-state index >= 15 is 0 Å². The van der Waals surface area contributed by atoms with Crippen LogP contribution in [-0.4, -0.2) is 23.7 Å². The highest BCUT2D eigenvalue weighted by molar-refractivity contribution is 9.09. The zero-order valence-electron chi connectivity index (χ0n) is 7.33. The molecule has 0 aromatic carbocycles. The molecule has 0 spiro atoms. The molecule has 0 aliphatic heterocycles. The smallest absolute Gasteiger partial charge is 0.309 e. The number of rotatable bonds is 1. The zero-order valence-corrected chi connectivity index (χ0v) is 8.91. The highest BCUT2D eigenvalue weighted by Crippen LogP contribution is 2.50. The van der Waals surface area contributed by atoms with Gasteiger partial charge in [-0.2, -0.15) is 0 Å². The van der Waals surface area contributed by atoms with Crippen molar-refractivity contribution in [2.75, 3.05) is 7.11 Å². The summed E-state index contributed by atoms with van der Waals surface area (Å²) >= 11 is 3.50. The Morgan fingerprint density at radius 1 is 1.62 bits per heavy atom. The summed E-state index contributed by atoms with van der Waals surface area (Å²) in [7, 11) is 1.38. The Kier molecular flexibility index (Phi) is 2.18. The van der Waals surface area contributed by atoms with Crippen molar-refractivity contribution in [1.82, 2.24) is 0 Å². The van der Waals surface area contributed by atoms with Gasteiger partial charge in [0.1, 0.15) is 5.78 Å². The molecule has 2 aliphatic carbocycles. The van der Waals surface area contributed by atoms with Crippen molar-refractivity contribution in [2.45, 2.75) is 17.7 Å². The van der Waals surface area contributed by atoms with Gasteiger partial charge in [0, 0.05) is 17.2 Å². The van der Waals surface area contributed by atoms with Gasteiger partial charge >= 0.3 is 5.97 Å². The molecule has 2 rings (SSSR count). The minimum atomic E-state index is -0.220. The number of alkyl halides is 1. The first-order valence-electron chi connectivity index (χ1n) is 4.39. The van der Waals surface area contributed by atoms with Gasteiger partial charge in [0.05, 0.1) is 13.0 Å². The lowest BCUT2D eigenvalue weighted by Crippen LogP contribution is -2.22. The average Bonchev–Trinajstić information content (AvgIpc) is 2.57. The molecule has 2 fully saturated rings. The predicted molar refractivity (Wildman–Crippen MR) is 49.4 cm³/mol. The van der Waals surface area contributed by atoms with Crippen molar-refractivity contribution in [1.29, 1.82) is 0 Å². The van der Waals surface area contributed by atoms with E-state index in [1.54, 1.807) is 0 Å². The summed E-state index contributed by atoms with van der Waals surface area (Å²) in [5, 5.41) is 0. The van der Waals surface area contributed by atoms with E-state index in [0.717, 1.165) is 6.42 Å². The normalized spacial score (nSPS) is 42.5. The van der Waals surface area contributed by atoms with Crippen LogP contribution in [0.25, 0.3) is 0 Å². The molecule has 0 radical (unpaired) electrons. The van der Waals surface area contributed by atoms with Crippen molar-refractivity contribution in [3.63, 3.8) is 0 Å². The van der Waals surface area contributed by atoms with Crippen LogP contribution in [0.4, 0.5) is 0 Å². The number of hydrogen-bond donors (Lipinski definition) is 0. The second-order valence-corrected chi connectivity index (χ2v) is 4.92. The maximum atomic E-state index is 11.4. The van der Waals surface area contributed by atoms with Gasteiger partial charge in [0.15, 0.2) is 0 Å². The van der Waals surface area contributed by atoms with Gasteiger partial charge in [-0.05, 0) is 12.3 Å². The topological polar surface area (TPSA) is 43.4 Å². The number of carbonyl (C=O) groups excluding carboxylic acids is 2. The van der Waals surface area contributed by atoms with Crippen LogP contribution in [0.2, 0.25) is 0 Å². The molecular formula is C9H11BrO3. The Hall–Kier alpha value is -0.380. The van der Waals surface area contributed by atoms with Crippen LogP contribution in [0.5, 0.6) is 0 Å². The molecule has 2 bridgehead atoms. The Balaban J connectivity index is 2.22. The number of methoxy groups -OCH3 is 1. The van der Waals surface area contributed by atoms with Gasteiger partial charge in [0.2, 0.25) is 0 Å². The van der Waals surface area contributed by atoms with E-state index in [1.165, 1.54) is 7.11 Å². The van der Waals surface area contributed by atoms with Crippen LogP contribution in [-0.2, 0) is 14.3 Å². The van der Waals surface area contributed by atoms with Crippen LogP contribution >= 0.6 is 15.9 Å². The summed E-state index contributed by atoms with van der Waals surface area (Å²) in [6.07, 6.45) is 1.34. The van der Waals surface area contributed by atoms with E-state index in [9.17, 15) is 9.59 Å². The number of hydrogen-bond acceptors (Lipinski definition) is 3. The highest BCUT2D eigenvalue weighted by Gasteiger charge is 2.55. The number of Topliss-reactive ketones (excluding diaryl/α,β-unsaturated/α-hetero) is 1. The SMILES string of the molecule is COC(=O)C1C2CC(Br)C1CC2=O. The fourth-order valence-electron chi connectivity index (χ4n) is 2.53. The lowest BCUT2D eigenvalue weighted by Gasteiger charge is -2.13. The van der Waals surface area contributed by atoms with Crippen molar-refractivity contribution in [3.05, 3.63) is 0 Å². The van der Waals surface area contributed by atoms with Crippen LogP contribution in [0, 0.1) is 17.8 Å². The van der Waals surface area contributed by atoms with E-state index in [-0.39, 0.29) is 29.5 Å². The molecule has 4 unspecified atom stereocenters. The van der Waals surface area contributed by atoms with Gasteiger partial charge in [-0.15, -0.1) is 0 Å². The van der Waals surface area contributed by atoms with Gasteiger partial charge in [-0.3, -0.25) is 9.59 Å². The van der Waals surface area contributed by atoms with Crippen molar-refractivity contribution >= 4 is 27.7 Å². The number of ether oxygens (including phenoxy) is 1. The molecule has 2 aliphatic rings. The van der Waals surface area contributed by atoms with E-state index < -0.39 is 0 Å². The van der Waals surface area contributed by atoms with Gasteiger partial charge in [0.25, 0.3) is 0 Å². The predicted octanol–water partition coefficient (Wildman–Crippen LogP) is 1.15. The first kappa shape index (κ1) is 9.19. The van der Waals surface area contributed by atoms with E-state index in [2.05, 4.69) is 15.9 Å². The van der Waals surface area contributed by atoms with Gasteiger partial charge in [-0.1, -0.05) is 15.9 Å². The number of fused-ring (bicyclic) bond motifs is 2. The maximum absolute atomic E-state index is 11.4. The van der Waals surface area contributed by atoms with Gasteiger partial charge in [-0.25, -0.2) is 0 Å². The number of carbonyl (C=O) groups is 2. The molecule has 0 heterocycles. The van der Waals surface area contributed by atoms with Crippen molar-refractivity contribution in [2.24, 2.45) is 17.8 Å². The number of ketones is 1. The average molecular weight is 247 g/mol. The molecule has 3 nitrogen and oxygen atoms in total. The van der Waals surface area contributed by atoms with E-state index in [4.69, 9.17) is 4.74 Å². The molecule has 2 saturated carbocycles. The van der Waals surface area contributed by atoms with Crippen molar-refractivity contribution < 1.29 is 14.3 Å². The zero-order chi connectivity index (χ0) is 9.59. The number of halogens is 1. The molecule has 0 N–H and O–H groups in total. The van der Waals surface area contributed by atoms with Gasteiger partial charge < -0.3 is 4.74 Å². The summed E-state index contributed by atoms with van der Waals surface area (Å²) < 4.78 is 4.70. The Morgan fingerprint density at radius 3 is 2.77 bits per heavy atom. The maximum Gasteiger partial charge on any atom is 0.309 e. The monoisotopic (exact) mass is 246 g/mol. The minimum Gasteiger partial charge on any atom is -0.469 e. The fourth-order valence-corrected chi connectivity index (χ4v) is 3.45. The molecule has 0 amide bonds. The Labute approximate surface area is 85.0 Å². The standard InChI is InChI=1S/C9H11BrO3/c1-13-9(12)8-4-3-7(11)5(8)2-6(4)10/h4-6,8H,2-3H2,1H3. The first-order chi connectivity index (χ1) is 6.15. The third kappa shape index (κ3) is 1.23. The highest BCUT2D eigenvalue weighted by atomic mass is 79.9. The summed E-state index contributed by atoms with van der Waals surface area (Å²) in [6.45, 7) is 0. The van der Waals surface area contributed by atoms with Crippen molar-refractivity contribution in [3.8, 4) is 0 Å². The molecule has 0 aromatic heterocycles. The molecule has 72 valence electrons. The fraction of sp³-hybridized carbons (Fsp3) is 0.778. The summed E-state index contributed by atoms with van der Waals surface area (Å²) in [5.41, 5.74) is 0. The second-order valence-electron chi connectivity index (χ2n) is 3.74. The summed E-state index contributed by atoms with van der Waals surface area (Å²) in [6, 6.07) is 0. The molecule has 0 saturated heterocycles. The van der Waals surface area contributed by atoms with Crippen LogP contribution < -0.4 is 0 Å². The third-order valence-corrected chi connectivity index (χ3v) is 4.22. The Morgan fingerprint density at radius 2 is 2.31 bits per heavy atom. The number of esters is 1. The van der Waals surface area contributed by atoms with Crippen LogP contribution in [0.15, 0.2) is 0 Å². The second kappa shape index (κ2) is 3.08. The molecular weight excluding hydrogens is 236 g/mol. The summed E-state index contributed by atoms with van der Waals surface area (Å²) in [4.78, 5) is 23.1. The molecule has 0 aromatic rings. The lowest BCUT2D eigenvalue weighted by molar-refractivity contribution is -0.147. The third-order valence-electron chi connectivity index (χ3n) is 3.16. The Bertz CT molecular complexity index is 264. The van der Waals surface area contributed by atoms with Crippen LogP contribution in [0.1, 0.15) is 12.8 Å². The molecule has 4 atom stereocenters. The largest absolute Gasteiger partial charge is 0.469 e. The van der Waals surface area contributed by atoms with E-state index in [0.29, 0.717) is 11.2 Å². The van der Waals surface area contributed by atoms with E-state index in [1.807, 2.05) is 0 Å². The quantitative estimate of drug-likeness (QED) is 0.515. The molecule has 13 heavy (non-hydrogen) atoms. The first-order valence-corrected chi connectivity index (χ1v) is 5.31.